The minimum Gasteiger partial charge on any atom is -0.461 e. The molecule has 0 saturated carbocycles. The first-order chi connectivity index (χ1) is 10.8. The fourth-order valence-corrected chi connectivity index (χ4v) is 1.57. The molecule has 0 unspecified atom stereocenters. The van der Waals surface area contributed by atoms with E-state index in [1.165, 1.54) is 0 Å². The number of carbonyl (C=O) groups is 1. The number of benzene rings is 1. The van der Waals surface area contributed by atoms with Crippen LogP contribution in [0, 0.1) is 0 Å². The average Bonchev–Trinajstić information content (AvgIpc) is 2.55. The van der Waals surface area contributed by atoms with Crippen molar-refractivity contribution in [2.75, 3.05) is 46.2 Å². The van der Waals surface area contributed by atoms with Crippen LogP contribution in [-0.2, 0) is 30.3 Å². The van der Waals surface area contributed by atoms with E-state index in [0.29, 0.717) is 39.6 Å². The largest absolute Gasteiger partial charge is 0.461 e. The Morgan fingerprint density at radius 3 is 2.09 bits per heavy atom. The summed E-state index contributed by atoms with van der Waals surface area (Å²) in [5.41, 5.74) is 0.966. The van der Waals surface area contributed by atoms with Gasteiger partial charge in [0.2, 0.25) is 0 Å². The van der Waals surface area contributed by atoms with Crippen LogP contribution in [0.5, 0.6) is 0 Å². The fraction of sp³-hybridized carbons (Fsp3) is 0.562. The fourth-order valence-electron chi connectivity index (χ4n) is 1.57. The van der Waals surface area contributed by atoms with Crippen LogP contribution in [0.15, 0.2) is 30.3 Å². The molecule has 0 atom stereocenters. The Labute approximate surface area is 130 Å². The van der Waals surface area contributed by atoms with E-state index in [1.807, 2.05) is 30.3 Å². The number of aliphatic hydroxyl groups excluding tert-OH is 1. The van der Waals surface area contributed by atoms with Crippen molar-refractivity contribution in [3.05, 3.63) is 35.9 Å². The first kappa shape index (κ1) is 18.6. The molecule has 0 aromatic heterocycles. The van der Waals surface area contributed by atoms with Gasteiger partial charge in [-0.2, -0.15) is 0 Å². The molecule has 0 aliphatic rings. The molecule has 6 nitrogen and oxygen atoms in total. The molecule has 0 saturated heterocycles. The Morgan fingerprint density at radius 2 is 1.45 bits per heavy atom. The predicted octanol–water partition coefficient (Wildman–Crippen LogP) is 1.16. The summed E-state index contributed by atoms with van der Waals surface area (Å²) in [5.74, 6) is -0.276. The molecule has 6 heteroatoms. The molecule has 22 heavy (non-hydrogen) atoms. The number of hydrogen-bond acceptors (Lipinski definition) is 6. The van der Waals surface area contributed by atoms with Gasteiger partial charge in [-0.25, -0.2) is 0 Å². The molecule has 0 aliphatic heterocycles. The lowest BCUT2D eigenvalue weighted by atomic mass is 10.2. The summed E-state index contributed by atoms with van der Waals surface area (Å²) in [6.07, 6.45) is 0.229. The molecule has 0 radical (unpaired) electrons. The molecule has 0 spiro atoms. The quantitative estimate of drug-likeness (QED) is 0.435. The van der Waals surface area contributed by atoms with Crippen molar-refractivity contribution in [1.82, 2.24) is 0 Å². The third-order valence-corrected chi connectivity index (χ3v) is 2.67. The number of hydrogen-bond donors (Lipinski definition) is 1. The van der Waals surface area contributed by atoms with Gasteiger partial charge in [0, 0.05) is 0 Å². The van der Waals surface area contributed by atoms with Gasteiger partial charge in [0.15, 0.2) is 0 Å². The van der Waals surface area contributed by atoms with E-state index in [9.17, 15) is 4.79 Å². The van der Waals surface area contributed by atoms with Crippen LogP contribution in [0.25, 0.3) is 0 Å². The lowest BCUT2D eigenvalue weighted by Gasteiger charge is -2.07. The highest BCUT2D eigenvalue weighted by molar-refractivity contribution is 5.69. The molecule has 1 aromatic rings. The van der Waals surface area contributed by atoms with Crippen molar-refractivity contribution in [2.45, 2.75) is 13.0 Å². The van der Waals surface area contributed by atoms with Crippen LogP contribution in [0.1, 0.15) is 12.0 Å². The molecule has 1 rings (SSSR count). The van der Waals surface area contributed by atoms with E-state index < -0.39 is 0 Å². The normalized spacial score (nSPS) is 10.6. The molecular weight excluding hydrogens is 288 g/mol. The summed E-state index contributed by atoms with van der Waals surface area (Å²) in [7, 11) is 0. The summed E-state index contributed by atoms with van der Waals surface area (Å²) < 4.78 is 20.7. The van der Waals surface area contributed by atoms with Crippen molar-refractivity contribution in [3.63, 3.8) is 0 Å². The third kappa shape index (κ3) is 10.3. The van der Waals surface area contributed by atoms with Gasteiger partial charge in [0.1, 0.15) is 6.61 Å². The van der Waals surface area contributed by atoms with Crippen molar-refractivity contribution in [1.29, 1.82) is 0 Å². The van der Waals surface area contributed by atoms with Crippen molar-refractivity contribution in [2.24, 2.45) is 0 Å². The number of ether oxygens (including phenoxy) is 4. The second kappa shape index (κ2) is 13.2. The zero-order chi connectivity index (χ0) is 15.9. The second-order valence-corrected chi connectivity index (χ2v) is 4.46. The van der Waals surface area contributed by atoms with E-state index in [4.69, 9.17) is 24.1 Å². The van der Waals surface area contributed by atoms with Crippen molar-refractivity contribution in [3.8, 4) is 0 Å². The smallest absolute Gasteiger partial charge is 0.308 e. The Bertz CT molecular complexity index is 381. The minimum absolute atomic E-state index is 0.0173. The Morgan fingerprint density at radius 1 is 0.864 bits per heavy atom. The summed E-state index contributed by atoms with van der Waals surface area (Å²) in [4.78, 5) is 11.5. The zero-order valence-corrected chi connectivity index (χ0v) is 12.7. The van der Waals surface area contributed by atoms with Crippen LogP contribution in [-0.4, -0.2) is 57.3 Å². The van der Waals surface area contributed by atoms with Crippen molar-refractivity contribution >= 4 is 5.97 Å². The van der Waals surface area contributed by atoms with Crippen LogP contribution in [0.4, 0.5) is 0 Å². The van der Waals surface area contributed by atoms with Crippen LogP contribution in [0.2, 0.25) is 0 Å². The molecule has 0 amide bonds. The van der Waals surface area contributed by atoms with Gasteiger partial charge in [-0.1, -0.05) is 30.3 Å². The Hall–Kier alpha value is -1.47. The van der Waals surface area contributed by atoms with Gasteiger partial charge in [0.25, 0.3) is 0 Å². The highest BCUT2D eigenvalue weighted by Gasteiger charge is 2.03. The topological polar surface area (TPSA) is 74.2 Å². The van der Waals surface area contributed by atoms with Gasteiger partial charge >= 0.3 is 5.97 Å². The minimum atomic E-state index is -0.276. The highest BCUT2D eigenvalue weighted by Crippen LogP contribution is 2.01. The predicted molar refractivity (Wildman–Crippen MR) is 80.4 cm³/mol. The van der Waals surface area contributed by atoms with Gasteiger partial charge in [0.05, 0.1) is 52.7 Å². The number of esters is 1. The number of aliphatic hydroxyl groups is 1. The van der Waals surface area contributed by atoms with Crippen LogP contribution in [0.3, 0.4) is 0 Å². The molecule has 0 aliphatic carbocycles. The first-order valence-electron chi connectivity index (χ1n) is 7.36. The third-order valence-electron chi connectivity index (χ3n) is 2.67. The lowest BCUT2D eigenvalue weighted by Crippen LogP contribution is -2.13. The summed E-state index contributed by atoms with van der Waals surface area (Å²) in [6.45, 7) is 2.73. The first-order valence-corrected chi connectivity index (χ1v) is 7.36. The molecular formula is C16H24O6. The number of rotatable bonds is 13. The van der Waals surface area contributed by atoms with E-state index in [2.05, 4.69) is 0 Å². The molecule has 0 heterocycles. The average molecular weight is 312 g/mol. The summed E-state index contributed by atoms with van der Waals surface area (Å²) in [5, 5.41) is 8.49. The SMILES string of the molecule is O=C(CCOCCOCCOCCO)OCc1ccccc1. The van der Waals surface area contributed by atoms with E-state index in [0.717, 1.165) is 5.56 Å². The highest BCUT2D eigenvalue weighted by atomic mass is 16.6. The van der Waals surface area contributed by atoms with Gasteiger partial charge in [-0.3, -0.25) is 4.79 Å². The Balaban J connectivity index is 1.87. The molecule has 1 aromatic carbocycles. The molecule has 124 valence electrons. The maximum Gasteiger partial charge on any atom is 0.308 e. The molecule has 0 fully saturated rings. The molecule has 0 bridgehead atoms. The van der Waals surface area contributed by atoms with Crippen LogP contribution >= 0.6 is 0 Å². The van der Waals surface area contributed by atoms with Gasteiger partial charge < -0.3 is 24.1 Å². The maximum atomic E-state index is 11.5. The standard InChI is InChI=1S/C16H24O6/c17-7-9-20-11-13-21-12-10-19-8-6-16(18)22-14-15-4-2-1-3-5-15/h1-5,17H,6-14H2. The van der Waals surface area contributed by atoms with E-state index >= 15 is 0 Å². The molecule has 1 N–H and O–H groups in total. The zero-order valence-electron chi connectivity index (χ0n) is 12.7. The summed E-state index contributed by atoms with van der Waals surface area (Å²) >= 11 is 0. The Kier molecular flexibility index (Phi) is 11.2. The van der Waals surface area contributed by atoms with E-state index in [1.54, 1.807) is 0 Å². The number of carbonyl (C=O) groups excluding carboxylic acids is 1. The van der Waals surface area contributed by atoms with Crippen molar-refractivity contribution < 1.29 is 28.8 Å². The lowest BCUT2D eigenvalue weighted by molar-refractivity contribution is -0.146. The maximum absolute atomic E-state index is 11.5. The van der Waals surface area contributed by atoms with Gasteiger partial charge in [-0.05, 0) is 5.56 Å². The summed E-state index contributed by atoms with van der Waals surface area (Å²) in [6, 6.07) is 9.54. The monoisotopic (exact) mass is 312 g/mol. The van der Waals surface area contributed by atoms with Crippen LogP contribution < -0.4 is 0 Å². The van der Waals surface area contributed by atoms with E-state index in [-0.39, 0.29) is 25.6 Å². The van der Waals surface area contributed by atoms with Gasteiger partial charge in [-0.15, -0.1) is 0 Å². The second-order valence-electron chi connectivity index (χ2n) is 4.46.